The van der Waals surface area contributed by atoms with Crippen molar-refractivity contribution in [2.24, 2.45) is 0 Å². The van der Waals surface area contributed by atoms with Gasteiger partial charge in [0, 0.05) is 17.9 Å². The van der Waals surface area contributed by atoms with Crippen molar-refractivity contribution in [1.29, 1.82) is 0 Å². The van der Waals surface area contributed by atoms with Crippen LogP contribution in [0.4, 0.5) is 8.78 Å². The molecule has 2 unspecified atom stereocenters. The molecular formula is C11H13BrF2O2S. The first-order chi connectivity index (χ1) is 7.64. The number of sulfone groups is 1. The normalized spacial score (nSPS) is 15.6. The molecule has 2 nitrogen and oxygen atoms in total. The van der Waals surface area contributed by atoms with E-state index in [1.807, 2.05) is 0 Å². The molecule has 6 heteroatoms. The van der Waals surface area contributed by atoms with Gasteiger partial charge in [0.05, 0.1) is 10.1 Å². The molecule has 1 aromatic carbocycles. The van der Waals surface area contributed by atoms with Gasteiger partial charge in [-0.2, -0.15) is 0 Å². The predicted molar refractivity (Wildman–Crippen MR) is 67.1 cm³/mol. The van der Waals surface area contributed by atoms with Crippen molar-refractivity contribution >= 4 is 25.8 Å². The molecule has 2 atom stereocenters. The van der Waals surface area contributed by atoms with Crippen LogP contribution in [-0.4, -0.2) is 19.9 Å². The second-order valence-corrected chi connectivity index (χ2v) is 7.45. The van der Waals surface area contributed by atoms with E-state index in [9.17, 15) is 17.2 Å². The Bertz CT molecular complexity index is 529. The number of alkyl halides is 1. The Balaban J connectivity index is 3.22. The van der Waals surface area contributed by atoms with Crippen LogP contribution in [0.25, 0.3) is 0 Å². The van der Waals surface area contributed by atoms with E-state index in [0.29, 0.717) is 0 Å². The molecule has 0 aliphatic rings. The van der Waals surface area contributed by atoms with Gasteiger partial charge in [-0.05, 0) is 25.5 Å². The fourth-order valence-electron chi connectivity index (χ4n) is 1.36. The van der Waals surface area contributed by atoms with Gasteiger partial charge >= 0.3 is 0 Å². The van der Waals surface area contributed by atoms with Crippen molar-refractivity contribution < 1.29 is 17.2 Å². The average Bonchev–Trinajstić information content (AvgIpc) is 2.20. The van der Waals surface area contributed by atoms with Crippen molar-refractivity contribution in [3.63, 3.8) is 0 Å². The molecule has 1 aromatic rings. The molecule has 0 aliphatic heterocycles. The molecule has 0 aliphatic carbocycles. The molecule has 0 N–H and O–H groups in total. The van der Waals surface area contributed by atoms with E-state index in [0.717, 1.165) is 12.3 Å². The van der Waals surface area contributed by atoms with Gasteiger partial charge in [0.25, 0.3) is 0 Å². The smallest absolute Gasteiger partial charge is 0.151 e. The highest BCUT2D eigenvalue weighted by atomic mass is 79.9. The van der Waals surface area contributed by atoms with Gasteiger partial charge in [0.15, 0.2) is 9.84 Å². The van der Waals surface area contributed by atoms with Crippen LogP contribution in [0.5, 0.6) is 0 Å². The average molecular weight is 327 g/mol. The summed E-state index contributed by atoms with van der Waals surface area (Å²) in [6.07, 6.45) is 1.08. The van der Waals surface area contributed by atoms with Crippen LogP contribution in [0.1, 0.15) is 22.9 Å². The molecule has 0 spiro atoms. The highest BCUT2D eigenvalue weighted by Crippen LogP contribution is 2.33. The third-order valence-electron chi connectivity index (χ3n) is 2.66. The third-order valence-corrected chi connectivity index (χ3v) is 5.92. The molecule has 0 bridgehead atoms. The molecule has 0 saturated carbocycles. The number of hydrogen-bond donors (Lipinski definition) is 0. The summed E-state index contributed by atoms with van der Waals surface area (Å²) in [4.78, 5) is -0.697. The molecule has 0 amide bonds. The van der Waals surface area contributed by atoms with Crippen molar-refractivity contribution in [3.05, 3.63) is 34.9 Å². The van der Waals surface area contributed by atoms with Gasteiger partial charge in [-0.25, -0.2) is 17.2 Å². The van der Waals surface area contributed by atoms with Crippen molar-refractivity contribution in [2.75, 3.05) is 6.26 Å². The molecule has 96 valence electrons. The van der Waals surface area contributed by atoms with Crippen LogP contribution in [0, 0.1) is 18.6 Å². The topological polar surface area (TPSA) is 34.1 Å². The number of benzene rings is 1. The lowest BCUT2D eigenvalue weighted by Crippen LogP contribution is -2.21. The maximum atomic E-state index is 13.6. The number of hydrogen-bond acceptors (Lipinski definition) is 2. The fraction of sp³-hybridized carbons (Fsp3) is 0.455. The Kier molecular flexibility index (Phi) is 4.30. The summed E-state index contributed by atoms with van der Waals surface area (Å²) < 4.78 is 49.4. The first kappa shape index (κ1) is 14.6. The Morgan fingerprint density at radius 1 is 1.24 bits per heavy atom. The van der Waals surface area contributed by atoms with Crippen LogP contribution < -0.4 is 0 Å². The monoisotopic (exact) mass is 326 g/mol. The zero-order chi connectivity index (χ0) is 13.4. The molecule has 17 heavy (non-hydrogen) atoms. The van der Waals surface area contributed by atoms with Crippen molar-refractivity contribution in [1.82, 2.24) is 0 Å². The predicted octanol–water partition coefficient (Wildman–Crippen LogP) is 3.14. The van der Waals surface area contributed by atoms with Gasteiger partial charge in [-0.1, -0.05) is 15.9 Å². The summed E-state index contributed by atoms with van der Waals surface area (Å²) in [5.74, 6) is -1.39. The van der Waals surface area contributed by atoms with Gasteiger partial charge < -0.3 is 0 Å². The lowest BCUT2D eigenvalue weighted by atomic mass is 10.1. The van der Waals surface area contributed by atoms with Crippen LogP contribution >= 0.6 is 15.9 Å². The van der Waals surface area contributed by atoms with E-state index < -0.39 is 31.5 Å². The second kappa shape index (κ2) is 5.02. The maximum Gasteiger partial charge on any atom is 0.151 e. The van der Waals surface area contributed by atoms with E-state index in [4.69, 9.17) is 0 Å². The number of aryl methyl sites for hydroxylation is 1. The van der Waals surface area contributed by atoms with Gasteiger partial charge in [-0.15, -0.1) is 0 Å². The van der Waals surface area contributed by atoms with Gasteiger partial charge in [0.1, 0.15) is 11.6 Å². The SMILES string of the molecule is Cc1cc(C(Br)C(C)S(C)(=O)=O)c(F)cc1F. The van der Waals surface area contributed by atoms with Crippen LogP contribution in [0.3, 0.4) is 0 Å². The van der Waals surface area contributed by atoms with Crippen molar-refractivity contribution in [3.8, 4) is 0 Å². The van der Waals surface area contributed by atoms with E-state index in [1.54, 1.807) is 0 Å². The minimum atomic E-state index is -3.30. The molecule has 0 radical (unpaired) electrons. The molecule has 0 fully saturated rings. The summed E-state index contributed by atoms with van der Waals surface area (Å²) in [6.45, 7) is 2.98. The van der Waals surface area contributed by atoms with Gasteiger partial charge in [-0.3, -0.25) is 0 Å². The van der Waals surface area contributed by atoms with Crippen LogP contribution in [-0.2, 0) is 9.84 Å². The highest BCUT2D eigenvalue weighted by molar-refractivity contribution is 9.09. The lowest BCUT2D eigenvalue weighted by Gasteiger charge is -2.18. The minimum Gasteiger partial charge on any atom is -0.229 e. The highest BCUT2D eigenvalue weighted by Gasteiger charge is 2.27. The van der Waals surface area contributed by atoms with E-state index >= 15 is 0 Å². The zero-order valence-corrected chi connectivity index (χ0v) is 12.1. The zero-order valence-electron chi connectivity index (χ0n) is 9.67. The Morgan fingerprint density at radius 2 is 1.76 bits per heavy atom. The van der Waals surface area contributed by atoms with Crippen LogP contribution in [0.2, 0.25) is 0 Å². The van der Waals surface area contributed by atoms with Crippen LogP contribution in [0.15, 0.2) is 12.1 Å². The third kappa shape index (κ3) is 3.25. The van der Waals surface area contributed by atoms with E-state index in [1.165, 1.54) is 19.9 Å². The number of rotatable bonds is 3. The first-order valence-electron chi connectivity index (χ1n) is 4.93. The molecule has 0 heterocycles. The Labute approximate surface area is 108 Å². The quantitative estimate of drug-likeness (QED) is 0.800. The summed E-state index contributed by atoms with van der Waals surface area (Å²) in [5.41, 5.74) is 0.438. The first-order valence-corrected chi connectivity index (χ1v) is 7.80. The second-order valence-electron chi connectivity index (χ2n) is 4.06. The minimum absolute atomic E-state index is 0.154. The fourth-order valence-corrected chi connectivity index (χ4v) is 3.47. The van der Waals surface area contributed by atoms with Gasteiger partial charge in [0.2, 0.25) is 0 Å². The van der Waals surface area contributed by atoms with E-state index in [-0.39, 0.29) is 11.1 Å². The standard InChI is InChI=1S/C11H13BrF2O2S/c1-6-4-8(10(14)5-9(6)13)11(12)7(2)17(3,15)16/h4-5,7,11H,1-3H3. The Morgan fingerprint density at radius 3 is 2.24 bits per heavy atom. The maximum absolute atomic E-state index is 13.6. The summed E-state index contributed by atoms with van der Waals surface area (Å²) in [5, 5.41) is -0.790. The largest absolute Gasteiger partial charge is 0.229 e. The molecule has 0 saturated heterocycles. The lowest BCUT2D eigenvalue weighted by molar-refractivity contribution is 0.560. The molecule has 0 aromatic heterocycles. The summed E-state index contributed by atoms with van der Waals surface area (Å²) >= 11 is 3.16. The van der Waals surface area contributed by atoms with Crippen molar-refractivity contribution in [2.45, 2.75) is 23.9 Å². The van der Waals surface area contributed by atoms with E-state index in [2.05, 4.69) is 15.9 Å². The molecule has 1 rings (SSSR count). The summed E-state index contributed by atoms with van der Waals surface area (Å²) in [7, 11) is -3.30. The summed E-state index contributed by atoms with van der Waals surface area (Å²) in [6, 6.07) is 2.10. The number of halogens is 3. The Hall–Kier alpha value is -0.490. The molecular weight excluding hydrogens is 314 g/mol.